The molecule has 136 valence electrons. The summed E-state index contributed by atoms with van der Waals surface area (Å²) in [5.74, 6) is 0.808. The highest BCUT2D eigenvalue weighted by molar-refractivity contribution is 5.68. The van der Waals surface area contributed by atoms with Crippen LogP contribution in [0.2, 0.25) is 0 Å². The normalized spacial score (nSPS) is 16.7. The predicted octanol–water partition coefficient (Wildman–Crippen LogP) is 4.46. The molecule has 0 radical (unpaired) electrons. The van der Waals surface area contributed by atoms with Crippen LogP contribution in [0.1, 0.15) is 54.4 Å². The highest BCUT2D eigenvalue weighted by atomic mass is 16.6. The molecule has 0 unspecified atom stereocenters. The zero-order chi connectivity index (χ0) is 18.4. The van der Waals surface area contributed by atoms with Gasteiger partial charge < -0.3 is 20.1 Å². The lowest BCUT2D eigenvalue weighted by Gasteiger charge is -2.39. The Labute approximate surface area is 146 Å². The van der Waals surface area contributed by atoms with E-state index in [1.807, 2.05) is 58.9 Å². The van der Waals surface area contributed by atoms with Crippen molar-refractivity contribution in [3.05, 3.63) is 24.3 Å². The van der Waals surface area contributed by atoms with Crippen LogP contribution in [0.25, 0.3) is 0 Å². The molecule has 1 aromatic carbocycles. The van der Waals surface area contributed by atoms with Crippen molar-refractivity contribution in [2.45, 2.75) is 65.6 Å². The molecule has 0 saturated carbocycles. The number of rotatable bonds is 2. The number of carbonyl (C=O) groups excluding carboxylic acids is 1. The maximum atomic E-state index is 12.1. The van der Waals surface area contributed by atoms with Gasteiger partial charge in [0.15, 0.2) is 0 Å². The molecule has 1 aliphatic rings. The van der Waals surface area contributed by atoms with E-state index in [1.165, 1.54) is 0 Å². The van der Waals surface area contributed by atoms with Crippen LogP contribution in [0.5, 0.6) is 5.75 Å². The molecule has 1 amide bonds. The largest absolute Gasteiger partial charge is 0.487 e. The molecule has 1 aromatic rings. The average Bonchev–Trinajstić information content (AvgIpc) is 2.50. The summed E-state index contributed by atoms with van der Waals surface area (Å²) in [6, 6.07) is 7.41. The Morgan fingerprint density at radius 3 is 2.08 bits per heavy atom. The van der Waals surface area contributed by atoms with Gasteiger partial charge in [0, 0.05) is 31.6 Å². The number of nitrogen functional groups attached to an aromatic ring is 1. The van der Waals surface area contributed by atoms with E-state index in [9.17, 15) is 4.79 Å². The Kier molecular flexibility index (Phi) is 6.93. The first-order valence-electron chi connectivity index (χ1n) is 8.69. The quantitative estimate of drug-likeness (QED) is 0.810. The van der Waals surface area contributed by atoms with Crippen LogP contribution in [0.3, 0.4) is 0 Å². The van der Waals surface area contributed by atoms with Crippen molar-refractivity contribution in [1.29, 1.82) is 0 Å². The maximum absolute atomic E-state index is 12.1. The van der Waals surface area contributed by atoms with Gasteiger partial charge in [0.2, 0.25) is 0 Å². The van der Waals surface area contributed by atoms with E-state index < -0.39 is 5.60 Å². The van der Waals surface area contributed by atoms with Crippen LogP contribution >= 0.6 is 0 Å². The van der Waals surface area contributed by atoms with Crippen molar-refractivity contribution in [3.63, 3.8) is 0 Å². The highest BCUT2D eigenvalue weighted by Gasteiger charge is 2.35. The minimum absolute atomic E-state index is 0.248. The lowest BCUT2D eigenvalue weighted by molar-refractivity contribution is -0.00981. The fourth-order valence-electron chi connectivity index (χ4n) is 2.41. The maximum Gasteiger partial charge on any atom is 0.410 e. The molecular formula is C19H32N2O3. The van der Waals surface area contributed by atoms with Gasteiger partial charge >= 0.3 is 6.09 Å². The molecule has 1 fully saturated rings. The SMILES string of the molecule is CC.CC(C)(C)OC(=O)N1CCC(C)(Oc2ccc(N)cc2)CC1. The lowest BCUT2D eigenvalue weighted by Crippen LogP contribution is -2.49. The van der Waals surface area contributed by atoms with Gasteiger partial charge in [-0.25, -0.2) is 4.79 Å². The van der Waals surface area contributed by atoms with E-state index in [0.29, 0.717) is 13.1 Å². The molecule has 1 heterocycles. The summed E-state index contributed by atoms with van der Waals surface area (Å²) < 4.78 is 11.5. The van der Waals surface area contributed by atoms with Gasteiger partial charge in [-0.3, -0.25) is 0 Å². The second kappa shape index (κ2) is 8.27. The van der Waals surface area contributed by atoms with Crippen molar-refractivity contribution >= 4 is 11.8 Å². The summed E-state index contributed by atoms with van der Waals surface area (Å²) in [7, 11) is 0. The van der Waals surface area contributed by atoms with Crippen molar-refractivity contribution in [2.75, 3.05) is 18.8 Å². The van der Waals surface area contributed by atoms with Crippen molar-refractivity contribution in [2.24, 2.45) is 0 Å². The number of nitrogens with zero attached hydrogens (tertiary/aromatic N) is 1. The van der Waals surface area contributed by atoms with Crippen molar-refractivity contribution in [1.82, 2.24) is 4.90 Å². The standard InChI is InChI=1S/C17H26N2O3.C2H6/c1-16(2,3)22-15(20)19-11-9-17(4,10-12-19)21-14-7-5-13(18)6-8-14;1-2/h5-8H,9-12,18H2,1-4H3;1-2H3. The lowest BCUT2D eigenvalue weighted by atomic mass is 9.93. The highest BCUT2D eigenvalue weighted by Crippen LogP contribution is 2.29. The zero-order valence-electron chi connectivity index (χ0n) is 15.9. The van der Waals surface area contributed by atoms with Gasteiger partial charge in [0.05, 0.1) is 0 Å². The summed E-state index contributed by atoms with van der Waals surface area (Å²) in [4.78, 5) is 13.8. The number of anilines is 1. The number of benzene rings is 1. The van der Waals surface area contributed by atoms with Gasteiger partial charge in [0.25, 0.3) is 0 Å². The van der Waals surface area contributed by atoms with Crippen LogP contribution in [0, 0.1) is 0 Å². The predicted molar refractivity (Wildman–Crippen MR) is 98.3 cm³/mol. The zero-order valence-corrected chi connectivity index (χ0v) is 15.9. The molecule has 5 nitrogen and oxygen atoms in total. The van der Waals surface area contributed by atoms with Crippen LogP contribution < -0.4 is 10.5 Å². The van der Waals surface area contributed by atoms with E-state index >= 15 is 0 Å². The number of likely N-dealkylation sites (tertiary alicyclic amines) is 1. The van der Waals surface area contributed by atoms with Crippen LogP contribution in [-0.4, -0.2) is 35.3 Å². The molecule has 0 bridgehead atoms. The summed E-state index contributed by atoms with van der Waals surface area (Å²) in [6.45, 7) is 13.0. The number of amides is 1. The topological polar surface area (TPSA) is 64.8 Å². The van der Waals surface area contributed by atoms with Gasteiger partial charge in [-0.15, -0.1) is 0 Å². The molecule has 1 aliphatic heterocycles. The van der Waals surface area contributed by atoms with E-state index in [-0.39, 0.29) is 11.7 Å². The van der Waals surface area contributed by atoms with E-state index in [1.54, 1.807) is 4.90 Å². The minimum atomic E-state index is -0.460. The molecule has 0 atom stereocenters. The molecule has 5 heteroatoms. The molecule has 2 N–H and O–H groups in total. The number of ether oxygens (including phenoxy) is 2. The Hall–Kier alpha value is -1.91. The van der Waals surface area contributed by atoms with E-state index in [0.717, 1.165) is 24.3 Å². The average molecular weight is 336 g/mol. The van der Waals surface area contributed by atoms with Gasteiger partial charge in [-0.05, 0) is 52.0 Å². The van der Waals surface area contributed by atoms with Gasteiger partial charge in [-0.1, -0.05) is 13.8 Å². The molecular weight excluding hydrogens is 304 g/mol. The van der Waals surface area contributed by atoms with Gasteiger partial charge in [0.1, 0.15) is 17.0 Å². The Balaban J connectivity index is 0.00000139. The third-order valence-electron chi connectivity index (χ3n) is 3.72. The van der Waals surface area contributed by atoms with Gasteiger partial charge in [-0.2, -0.15) is 0 Å². The van der Waals surface area contributed by atoms with Crippen molar-refractivity contribution < 1.29 is 14.3 Å². The molecule has 0 aromatic heterocycles. The third-order valence-corrected chi connectivity index (χ3v) is 3.72. The summed E-state index contributed by atoms with van der Waals surface area (Å²) in [5, 5.41) is 0. The summed E-state index contributed by atoms with van der Waals surface area (Å²) in [5.41, 5.74) is 5.67. The summed E-state index contributed by atoms with van der Waals surface area (Å²) >= 11 is 0. The summed E-state index contributed by atoms with van der Waals surface area (Å²) in [6.07, 6.45) is 1.30. The van der Waals surface area contributed by atoms with Crippen LogP contribution in [0.4, 0.5) is 10.5 Å². The van der Waals surface area contributed by atoms with Crippen molar-refractivity contribution in [3.8, 4) is 5.75 Å². The number of hydrogen-bond donors (Lipinski definition) is 1. The molecule has 24 heavy (non-hydrogen) atoms. The van der Waals surface area contributed by atoms with E-state index in [4.69, 9.17) is 15.2 Å². The Morgan fingerprint density at radius 1 is 1.12 bits per heavy atom. The smallest absolute Gasteiger partial charge is 0.410 e. The molecule has 1 saturated heterocycles. The molecule has 0 aliphatic carbocycles. The first-order chi connectivity index (χ1) is 11.2. The Bertz CT molecular complexity index is 512. The van der Waals surface area contributed by atoms with Crippen LogP contribution in [-0.2, 0) is 4.74 Å². The number of carbonyl (C=O) groups is 1. The Morgan fingerprint density at radius 2 is 1.62 bits per heavy atom. The van der Waals surface area contributed by atoms with E-state index in [2.05, 4.69) is 6.92 Å². The fraction of sp³-hybridized carbons (Fsp3) is 0.632. The first-order valence-corrected chi connectivity index (χ1v) is 8.69. The fourth-order valence-corrected chi connectivity index (χ4v) is 2.41. The number of nitrogens with two attached hydrogens (primary N) is 1. The molecule has 2 rings (SSSR count). The molecule has 0 spiro atoms. The minimum Gasteiger partial charge on any atom is -0.487 e. The third kappa shape index (κ3) is 6.30. The van der Waals surface area contributed by atoms with Crippen LogP contribution in [0.15, 0.2) is 24.3 Å². The second-order valence-corrected chi connectivity index (χ2v) is 7.09. The first kappa shape index (κ1) is 20.1. The number of piperidine rings is 1. The number of hydrogen-bond acceptors (Lipinski definition) is 4. The second-order valence-electron chi connectivity index (χ2n) is 7.09. The monoisotopic (exact) mass is 336 g/mol.